The van der Waals surface area contributed by atoms with Gasteiger partial charge in [-0.3, -0.25) is 0 Å². The van der Waals surface area contributed by atoms with Crippen LogP contribution in [0.15, 0.2) is 35.7 Å². The van der Waals surface area contributed by atoms with Gasteiger partial charge in [0, 0.05) is 36.9 Å². The lowest BCUT2D eigenvalue weighted by molar-refractivity contribution is 0.208. The van der Waals surface area contributed by atoms with E-state index in [9.17, 15) is 4.79 Å². The first-order chi connectivity index (χ1) is 13.1. The van der Waals surface area contributed by atoms with Crippen LogP contribution in [0.25, 0.3) is 0 Å². The Bertz CT molecular complexity index is 821. The lowest BCUT2D eigenvalue weighted by atomic mass is 10.2. The van der Waals surface area contributed by atoms with E-state index in [-0.39, 0.29) is 6.03 Å². The van der Waals surface area contributed by atoms with Crippen LogP contribution < -0.4 is 16.0 Å². The molecule has 0 bridgehead atoms. The highest BCUT2D eigenvalue weighted by atomic mass is 35.5. The molecule has 10 heteroatoms. The molecule has 0 unspecified atom stereocenters. The molecule has 9 nitrogen and oxygen atoms in total. The number of aromatic nitrogens is 2. The molecule has 1 aromatic carbocycles. The summed E-state index contributed by atoms with van der Waals surface area (Å²) in [6.45, 7) is 2.31. The highest BCUT2D eigenvalue weighted by Gasteiger charge is 2.24. The maximum atomic E-state index is 12.4. The molecule has 0 atom stereocenters. The summed E-state index contributed by atoms with van der Waals surface area (Å²) in [5.41, 5.74) is 7.23. The largest absolute Gasteiger partial charge is 0.399 e. The quantitative estimate of drug-likeness (QED) is 0.611. The number of hydrogen-bond donors (Lipinski definition) is 2. The molecule has 0 saturated carbocycles. The van der Waals surface area contributed by atoms with Crippen molar-refractivity contribution >= 4 is 41.2 Å². The summed E-state index contributed by atoms with van der Waals surface area (Å²) in [7, 11) is 1.45. The van der Waals surface area contributed by atoms with E-state index in [1.165, 1.54) is 19.7 Å². The summed E-state index contributed by atoms with van der Waals surface area (Å²) < 4.78 is 0. The third-order valence-corrected chi connectivity index (χ3v) is 4.39. The number of nitrogens with zero attached hydrogens (tertiary/aromatic N) is 5. The molecule has 2 amide bonds. The van der Waals surface area contributed by atoms with Crippen LogP contribution in [0.2, 0.25) is 5.02 Å². The molecule has 1 fully saturated rings. The van der Waals surface area contributed by atoms with Crippen LogP contribution in [0.5, 0.6) is 0 Å². The fourth-order valence-electron chi connectivity index (χ4n) is 2.74. The second-order valence-corrected chi connectivity index (χ2v) is 6.26. The van der Waals surface area contributed by atoms with Gasteiger partial charge in [0.1, 0.15) is 25.1 Å². The zero-order valence-electron chi connectivity index (χ0n) is 14.8. The van der Waals surface area contributed by atoms with Gasteiger partial charge < -0.3 is 25.7 Å². The minimum absolute atomic E-state index is 0.152. The van der Waals surface area contributed by atoms with Gasteiger partial charge in [-0.05, 0) is 24.3 Å². The number of nitrogen functional groups attached to an aromatic ring is 1. The second kappa shape index (κ2) is 8.54. The summed E-state index contributed by atoms with van der Waals surface area (Å²) in [6, 6.07) is 6.85. The lowest BCUT2D eigenvalue weighted by Gasteiger charge is -2.35. The number of nitrogens with two attached hydrogens (primary N) is 1. The van der Waals surface area contributed by atoms with Crippen LogP contribution in [-0.2, 0) is 4.84 Å². The fourth-order valence-corrected chi connectivity index (χ4v) is 2.86. The Morgan fingerprint density at radius 1 is 1.26 bits per heavy atom. The van der Waals surface area contributed by atoms with Crippen molar-refractivity contribution in [2.24, 2.45) is 5.16 Å². The maximum Gasteiger partial charge on any atom is 0.321 e. The van der Waals surface area contributed by atoms with Gasteiger partial charge in [0.25, 0.3) is 0 Å². The number of urea groups is 1. The van der Waals surface area contributed by atoms with Crippen molar-refractivity contribution in [2.45, 2.75) is 0 Å². The van der Waals surface area contributed by atoms with Gasteiger partial charge >= 0.3 is 6.03 Å². The zero-order chi connectivity index (χ0) is 19.2. The molecule has 0 spiro atoms. The number of nitrogens with one attached hydrogen (secondary N) is 1. The number of benzene rings is 1. The highest BCUT2D eigenvalue weighted by Crippen LogP contribution is 2.21. The van der Waals surface area contributed by atoms with Gasteiger partial charge in [-0.15, -0.1) is 0 Å². The van der Waals surface area contributed by atoms with E-state index in [4.69, 9.17) is 22.2 Å². The molecule has 2 aromatic rings. The number of carbonyl (C=O) groups is 1. The van der Waals surface area contributed by atoms with E-state index in [1.54, 1.807) is 29.2 Å². The van der Waals surface area contributed by atoms with Crippen LogP contribution in [0.4, 0.5) is 22.1 Å². The third kappa shape index (κ3) is 4.56. The monoisotopic (exact) mass is 389 g/mol. The van der Waals surface area contributed by atoms with E-state index in [1.807, 2.05) is 4.90 Å². The Morgan fingerprint density at radius 2 is 1.96 bits per heavy atom. The molecule has 27 heavy (non-hydrogen) atoms. The Kier molecular flexibility index (Phi) is 5.92. The van der Waals surface area contributed by atoms with E-state index in [0.717, 1.165) is 0 Å². The number of oxime groups is 1. The Morgan fingerprint density at radius 3 is 2.63 bits per heavy atom. The van der Waals surface area contributed by atoms with Crippen LogP contribution in [-0.4, -0.2) is 60.4 Å². The van der Waals surface area contributed by atoms with Crippen LogP contribution in [0.1, 0.15) is 5.56 Å². The van der Waals surface area contributed by atoms with Crippen molar-refractivity contribution in [1.82, 2.24) is 14.9 Å². The molecule has 3 rings (SSSR count). The minimum atomic E-state index is -0.152. The smallest absolute Gasteiger partial charge is 0.321 e. The first kappa shape index (κ1) is 18.7. The molecule has 0 radical (unpaired) electrons. The number of piperazine rings is 1. The van der Waals surface area contributed by atoms with Crippen molar-refractivity contribution in [2.75, 3.05) is 49.2 Å². The number of rotatable bonds is 4. The van der Waals surface area contributed by atoms with E-state index < -0.39 is 0 Å². The number of hydrogen-bond acceptors (Lipinski definition) is 7. The van der Waals surface area contributed by atoms with Crippen molar-refractivity contribution in [3.8, 4) is 0 Å². The summed E-state index contributed by atoms with van der Waals surface area (Å²) in [6.07, 6.45) is 2.90. The number of carbonyl (C=O) groups excluding carboxylic acids is 1. The molecular weight excluding hydrogens is 370 g/mol. The van der Waals surface area contributed by atoms with Crippen molar-refractivity contribution in [1.29, 1.82) is 0 Å². The van der Waals surface area contributed by atoms with Gasteiger partial charge in [-0.2, -0.15) is 0 Å². The fraction of sp³-hybridized carbons (Fsp3) is 0.294. The van der Waals surface area contributed by atoms with Crippen molar-refractivity contribution < 1.29 is 9.63 Å². The summed E-state index contributed by atoms with van der Waals surface area (Å²) in [5, 5.41) is 7.25. The second-order valence-electron chi connectivity index (χ2n) is 5.82. The van der Waals surface area contributed by atoms with Crippen molar-refractivity contribution in [3.05, 3.63) is 41.2 Å². The van der Waals surface area contributed by atoms with Crippen LogP contribution in [0, 0.1) is 0 Å². The summed E-state index contributed by atoms with van der Waals surface area (Å²) in [4.78, 5) is 29.3. The average Bonchev–Trinajstić information content (AvgIpc) is 2.69. The Balaban J connectivity index is 1.63. The molecule has 2 heterocycles. The third-order valence-electron chi connectivity index (χ3n) is 4.14. The molecule has 1 aliphatic heterocycles. The predicted molar refractivity (Wildman–Crippen MR) is 105 cm³/mol. The topological polar surface area (TPSA) is 109 Å². The number of amides is 2. The standard InChI is InChI=1S/C17H20ClN7O2/c1-27-22-10-14-15(19)20-11-21-16(14)24-6-8-25(9-7-24)17(26)23-13-4-2-12(18)3-5-13/h2-5,10-11H,6-9H2,1H3,(H,23,26)(H2,19,20,21)/b22-10+. The van der Waals surface area contributed by atoms with Crippen molar-refractivity contribution in [3.63, 3.8) is 0 Å². The molecule has 1 saturated heterocycles. The van der Waals surface area contributed by atoms with Gasteiger partial charge in [0.15, 0.2) is 0 Å². The van der Waals surface area contributed by atoms with Gasteiger partial charge in [0.2, 0.25) is 0 Å². The highest BCUT2D eigenvalue weighted by molar-refractivity contribution is 6.30. The van der Waals surface area contributed by atoms with E-state index >= 15 is 0 Å². The molecule has 0 aliphatic carbocycles. The lowest BCUT2D eigenvalue weighted by Crippen LogP contribution is -2.50. The molecule has 3 N–H and O–H groups in total. The maximum absolute atomic E-state index is 12.4. The summed E-state index contributed by atoms with van der Waals surface area (Å²) in [5.74, 6) is 0.991. The van der Waals surface area contributed by atoms with Gasteiger partial charge in [0.05, 0.1) is 11.8 Å². The van der Waals surface area contributed by atoms with E-state index in [2.05, 4.69) is 20.4 Å². The predicted octanol–water partition coefficient (Wildman–Crippen LogP) is 2.05. The average molecular weight is 390 g/mol. The SMILES string of the molecule is CO/N=C/c1c(N)ncnc1N1CCN(C(=O)Nc2ccc(Cl)cc2)CC1. The minimum Gasteiger partial charge on any atom is -0.399 e. The zero-order valence-corrected chi connectivity index (χ0v) is 15.6. The normalized spacial score (nSPS) is 14.4. The molecule has 142 valence electrons. The molecule has 1 aliphatic rings. The Labute approximate surface area is 161 Å². The number of anilines is 3. The Hall–Kier alpha value is -3.07. The first-order valence-corrected chi connectivity index (χ1v) is 8.69. The van der Waals surface area contributed by atoms with Crippen LogP contribution in [0.3, 0.4) is 0 Å². The summed E-state index contributed by atoms with van der Waals surface area (Å²) >= 11 is 5.86. The number of halogens is 1. The molecular formula is C17H20ClN7O2. The van der Waals surface area contributed by atoms with Gasteiger partial charge in [-0.1, -0.05) is 16.8 Å². The van der Waals surface area contributed by atoms with Gasteiger partial charge in [-0.25, -0.2) is 14.8 Å². The van der Waals surface area contributed by atoms with Crippen LogP contribution >= 0.6 is 11.6 Å². The first-order valence-electron chi connectivity index (χ1n) is 8.32. The molecule has 1 aromatic heterocycles. The van der Waals surface area contributed by atoms with E-state index in [0.29, 0.717) is 54.1 Å².